The molecule has 1 fully saturated rings. The van der Waals surface area contributed by atoms with E-state index in [1.165, 1.54) is 6.92 Å². The molecule has 1 aliphatic carbocycles. The van der Waals surface area contributed by atoms with Crippen molar-refractivity contribution in [2.75, 3.05) is 6.61 Å². The zero-order chi connectivity index (χ0) is 24.8. The van der Waals surface area contributed by atoms with Crippen molar-refractivity contribution in [3.05, 3.63) is 23.8 Å². The molecule has 0 heterocycles. The second-order valence-corrected chi connectivity index (χ2v) is 6.45. The molecule has 1 saturated carbocycles. The number of aliphatic carboxylic acids is 1. The molecule has 0 spiro atoms. The van der Waals surface area contributed by atoms with Crippen LogP contribution in [0, 0.1) is 0 Å². The van der Waals surface area contributed by atoms with Crippen molar-refractivity contribution >= 4 is 11.9 Å². The molecule has 4 nitrogen and oxygen atoms in total. The molecule has 31 heavy (non-hydrogen) atoms. The van der Waals surface area contributed by atoms with Gasteiger partial charge in [0.1, 0.15) is 6.61 Å². The number of carbonyl (C=O) groups excluding carboxylic acids is 1. The van der Waals surface area contributed by atoms with E-state index < -0.39 is 65.8 Å². The van der Waals surface area contributed by atoms with Gasteiger partial charge in [0.05, 0.1) is 0 Å². The summed E-state index contributed by atoms with van der Waals surface area (Å²) in [5.41, 5.74) is -7.67. The highest BCUT2D eigenvalue weighted by Crippen LogP contribution is 2.69. The first kappa shape index (κ1) is 26.7. The third-order valence-electron chi connectivity index (χ3n) is 4.51. The minimum atomic E-state index is -7.37. The van der Waals surface area contributed by atoms with Gasteiger partial charge in [-0.2, -0.15) is 43.9 Å². The molecule has 178 valence electrons. The van der Waals surface area contributed by atoms with Gasteiger partial charge >= 0.3 is 41.6 Å². The molecule has 0 aromatic carbocycles. The van der Waals surface area contributed by atoms with E-state index in [0.717, 1.165) is 6.08 Å². The van der Waals surface area contributed by atoms with Gasteiger partial charge in [0.2, 0.25) is 0 Å². The standard InChI is InChI=1S/C16H13F11O4/c1-3-8(9(28)29)5-4-7(2)10(30)31-6-11(17)12(18,19)14(22,23)16(26,27)15(24,25)13(11,20)21/h5H,2-4,6H2,1H3,(H,28,29). The van der Waals surface area contributed by atoms with E-state index in [1.54, 1.807) is 0 Å². The predicted molar refractivity (Wildman–Crippen MR) is 79.3 cm³/mol. The fourth-order valence-electron chi connectivity index (χ4n) is 2.45. The van der Waals surface area contributed by atoms with Crippen molar-refractivity contribution in [3.63, 3.8) is 0 Å². The second kappa shape index (κ2) is 7.65. The molecule has 0 aliphatic heterocycles. The van der Waals surface area contributed by atoms with E-state index in [2.05, 4.69) is 11.3 Å². The van der Waals surface area contributed by atoms with E-state index in [0.29, 0.717) is 0 Å². The zero-order valence-electron chi connectivity index (χ0n) is 15.2. The molecule has 0 radical (unpaired) electrons. The predicted octanol–water partition coefficient (Wildman–Crippen LogP) is 4.80. The Kier molecular flexibility index (Phi) is 6.59. The lowest BCUT2D eigenvalue weighted by Crippen LogP contribution is -2.84. The largest absolute Gasteiger partial charge is 0.478 e. The number of alkyl halides is 11. The maximum atomic E-state index is 14.4. The first-order chi connectivity index (χ1) is 13.7. The number of halogens is 11. The number of esters is 1. The van der Waals surface area contributed by atoms with Gasteiger partial charge in [-0.05, 0) is 12.8 Å². The SMILES string of the molecule is C=C(CC=C(CC)C(=O)O)C(=O)OCC1(F)C(F)(F)C(F)(F)C(F)(F)C(F)(F)C1(F)F. The molecule has 0 aromatic rings. The van der Waals surface area contributed by atoms with E-state index >= 15 is 0 Å². The van der Waals surface area contributed by atoms with Crippen molar-refractivity contribution in [1.82, 2.24) is 0 Å². The maximum Gasteiger partial charge on any atom is 0.384 e. The van der Waals surface area contributed by atoms with Gasteiger partial charge in [0.25, 0.3) is 5.67 Å². The van der Waals surface area contributed by atoms with Gasteiger partial charge in [-0.25, -0.2) is 14.0 Å². The van der Waals surface area contributed by atoms with E-state index in [-0.39, 0.29) is 12.0 Å². The molecule has 0 amide bonds. The number of hydrogen-bond donors (Lipinski definition) is 1. The molecule has 0 unspecified atom stereocenters. The smallest absolute Gasteiger partial charge is 0.384 e. The fourth-order valence-corrected chi connectivity index (χ4v) is 2.45. The average molecular weight is 478 g/mol. The number of ether oxygens (including phenoxy) is 1. The van der Waals surface area contributed by atoms with E-state index in [9.17, 15) is 57.9 Å². The second-order valence-electron chi connectivity index (χ2n) is 6.45. The molecule has 0 atom stereocenters. The van der Waals surface area contributed by atoms with Crippen LogP contribution in [0.4, 0.5) is 48.3 Å². The first-order valence-corrected chi connectivity index (χ1v) is 8.02. The molecule has 0 bridgehead atoms. The third kappa shape index (κ3) is 3.45. The molecule has 0 aromatic heterocycles. The minimum absolute atomic E-state index is 0.0952. The average Bonchev–Trinajstić information content (AvgIpc) is 2.63. The Hall–Kier alpha value is -2.35. The van der Waals surface area contributed by atoms with Gasteiger partial charge in [0.15, 0.2) is 0 Å². The topological polar surface area (TPSA) is 63.6 Å². The summed E-state index contributed by atoms with van der Waals surface area (Å²) in [6.07, 6.45) is -0.00332. The number of rotatable bonds is 7. The van der Waals surface area contributed by atoms with Crippen LogP contribution in [0.25, 0.3) is 0 Å². The summed E-state index contributed by atoms with van der Waals surface area (Å²) in [5.74, 6) is -39.7. The van der Waals surface area contributed by atoms with E-state index in [1.807, 2.05) is 0 Å². The molecule has 1 N–H and O–H groups in total. The fraction of sp³-hybridized carbons (Fsp3) is 0.625. The van der Waals surface area contributed by atoms with Crippen LogP contribution in [0.5, 0.6) is 0 Å². The van der Waals surface area contributed by atoms with Gasteiger partial charge in [-0.3, -0.25) is 0 Å². The van der Waals surface area contributed by atoms with Gasteiger partial charge < -0.3 is 9.84 Å². The number of carboxylic acid groups (broad SMARTS) is 1. The van der Waals surface area contributed by atoms with Crippen molar-refractivity contribution in [2.45, 2.75) is 55.0 Å². The summed E-state index contributed by atoms with van der Waals surface area (Å²) in [6, 6.07) is 0. The molecular formula is C16H13F11O4. The monoisotopic (exact) mass is 478 g/mol. The molecule has 15 heteroatoms. The summed E-state index contributed by atoms with van der Waals surface area (Å²) in [6.45, 7) is 1.12. The lowest BCUT2D eigenvalue weighted by Gasteiger charge is -2.52. The zero-order valence-corrected chi connectivity index (χ0v) is 15.2. The summed E-state index contributed by atoms with van der Waals surface area (Å²) in [5, 5.41) is 8.75. The summed E-state index contributed by atoms with van der Waals surface area (Å²) in [7, 11) is 0. The Morgan fingerprint density at radius 3 is 1.58 bits per heavy atom. The Bertz CT molecular complexity index is 771. The maximum absolute atomic E-state index is 14.4. The third-order valence-corrected chi connectivity index (χ3v) is 4.51. The number of carbonyl (C=O) groups is 2. The van der Waals surface area contributed by atoms with Crippen LogP contribution in [-0.2, 0) is 14.3 Å². The van der Waals surface area contributed by atoms with Crippen LogP contribution in [0.2, 0.25) is 0 Å². The first-order valence-electron chi connectivity index (χ1n) is 8.02. The summed E-state index contributed by atoms with van der Waals surface area (Å²) in [4.78, 5) is 22.4. The normalized spacial score (nSPS) is 24.8. The van der Waals surface area contributed by atoms with E-state index in [4.69, 9.17) is 5.11 Å². The summed E-state index contributed by atoms with van der Waals surface area (Å²) >= 11 is 0. The Morgan fingerprint density at radius 1 is 0.839 bits per heavy atom. The molecular weight excluding hydrogens is 465 g/mol. The molecule has 1 rings (SSSR count). The highest BCUT2D eigenvalue weighted by Gasteiger charge is 3.01. The van der Waals surface area contributed by atoms with Gasteiger partial charge in [-0.1, -0.05) is 19.6 Å². The van der Waals surface area contributed by atoms with Crippen molar-refractivity contribution in [1.29, 1.82) is 0 Å². The minimum Gasteiger partial charge on any atom is -0.478 e. The van der Waals surface area contributed by atoms with Gasteiger partial charge in [0, 0.05) is 11.1 Å². The van der Waals surface area contributed by atoms with Crippen molar-refractivity contribution in [3.8, 4) is 0 Å². The van der Waals surface area contributed by atoms with Crippen molar-refractivity contribution in [2.24, 2.45) is 0 Å². The quantitative estimate of drug-likeness (QED) is 0.325. The van der Waals surface area contributed by atoms with Crippen LogP contribution in [0.15, 0.2) is 23.8 Å². The van der Waals surface area contributed by atoms with Gasteiger partial charge in [-0.15, -0.1) is 0 Å². The van der Waals surface area contributed by atoms with Crippen LogP contribution < -0.4 is 0 Å². The number of hydrogen-bond acceptors (Lipinski definition) is 3. The number of allylic oxidation sites excluding steroid dienone is 1. The highest BCUT2D eigenvalue weighted by atomic mass is 19.4. The van der Waals surface area contributed by atoms with Crippen LogP contribution in [0.3, 0.4) is 0 Å². The summed E-state index contributed by atoms with van der Waals surface area (Å²) < 4.78 is 152. The Balaban J connectivity index is 3.25. The van der Waals surface area contributed by atoms with Crippen LogP contribution in [0.1, 0.15) is 19.8 Å². The van der Waals surface area contributed by atoms with Crippen LogP contribution >= 0.6 is 0 Å². The number of carboxylic acids is 1. The molecule has 0 saturated heterocycles. The Labute approximate surface area is 166 Å². The Morgan fingerprint density at radius 2 is 1.23 bits per heavy atom. The molecule has 1 aliphatic rings. The van der Waals surface area contributed by atoms with Crippen LogP contribution in [-0.4, -0.2) is 58.9 Å². The lowest BCUT2D eigenvalue weighted by molar-refractivity contribution is -0.487. The highest BCUT2D eigenvalue weighted by molar-refractivity contribution is 5.89. The van der Waals surface area contributed by atoms with Crippen molar-refractivity contribution < 1.29 is 67.7 Å². The lowest BCUT2D eigenvalue weighted by atomic mass is 9.72.